The first-order chi connectivity index (χ1) is 6.09. The van der Waals surface area contributed by atoms with Gasteiger partial charge in [-0.25, -0.2) is 4.68 Å². The van der Waals surface area contributed by atoms with Crippen LogP contribution in [0.2, 0.25) is 0 Å². The molecule has 1 atom stereocenters. The van der Waals surface area contributed by atoms with E-state index in [1.54, 1.807) is 11.6 Å². The highest BCUT2D eigenvalue weighted by Crippen LogP contribution is 2.09. The number of aliphatic hydroxyl groups is 1. The van der Waals surface area contributed by atoms with Gasteiger partial charge >= 0.3 is 0 Å². The van der Waals surface area contributed by atoms with Crippen LogP contribution in [0, 0.1) is 0 Å². The van der Waals surface area contributed by atoms with Gasteiger partial charge in [0.25, 0.3) is 0 Å². The second-order valence-corrected chi connectivity index (χ2v) is 3.66. The van der Waals surface area contributed by atoms with E-state index < -0.39 is 0 Å². The number of aryl methyl sites for hydroxylation is 1. The predicted octanol–water partition coefficient (Wildman–Crippen LogP) is 0.784. The van der Waals surface area contributed by atoms with Crippen LogP contribution in [0.4, 0.5) is 5.95 Å². The molecule has 6 heteroatoms. The molecule has 3 N–H and O–H groups in total. The van der Waals surface area contributed by atoms with Crippen molar-refractivity contribution in [3.05, 3.63) is 4.73 Å². The summed E-state index contributed by atoms with van der Waals surface area (Å²) in [5, 5.41) is 13.0. The molecular formula is C7H13BrN4O. The summed E-state index contributed by atoms with van der Waals surface area (Å²) < 4.78 is 2.31. The maximum absolute atomic E-state index is 9.02. The van der Waals surface area contributed by atoms with Crippen LogP contribution in [-0.2, 0) is 6.54 Å². The summed E-state index contributed by atoms with van der Waals surface area (Å²) in [4.78, 5) is 3.89. The molecule has 0 aliphatic carbocycles. The van der Waals surface area contributed by atoms with Gasteiger partial charge in [-0.1, -0.05) is 0 Å². The maximum atomic E-state index is 9.02. The summed E-state index contributed by atoms with van der Waals surface area (Å²) in [6, 6.07) is 0. The normalized spacial score (nSPS) is 13.2. The average Bonchev–Trinajstić information content (AvgIpc) is 2.29. The Morgan fingerprint density at radius 1 is 1.69 bits per heavy atom. The molecule has 0 aromatic carbocycles. The largest absolute Gasteiger partial charge is 0.393 e. The minimum absolute atomic E-state index is 0.264. The summed E-state index contributed by atoms with van der Waals surface area (Å²) in [6.07, 6.45) is 1.35. The van der Waals surface area contributed by atoms with Gasteiger partial charge in [0.2, 0.25) is 5.95 Å². The second kappa shape index (κ2) is 4.57. The van der Waals surface area contributed by atoms with Crippen molar-refractivity contribution in [2.45, 2.75) is 32.4 Å². The fourth-order valence-electron chi connectivity index (χ4n) is 1.02. The Balaban J connectivity index is 2.40. The van der Waals surface area contributed by atoms with E-state index in [1.807, 2.05) is 0 Å². The minimum atomic E-state index is -0.264. The van der Waals surface area contributed by atoms with Crippen LogP contribution in [-0.4, -0.2) is 26.0 Å². The van der Waals surface area contributed by atoms with E-state index in [0.717, 1.165) is 19.4 Å². The number of hydrogen-bond acceptors (Lipinski definition) is 4. The van der Waals surface area contributed by atoms with Crippen molar-refractivity contribution >= 4 is 21.9 Å². The summed E-state index contributed by atoms with van der Waals surface area (Å²) in [5.74, 6) is 0.268. The quantitative estimate of drug-likeness (QED) is 0.826. The minimum Gasteiger partial charge on any atom is -0.393 e. The molecule has 1 aromatic rings. The van der Waals surface area contributed by atoms with Crippen molar-refractivity contribution < 1.29 is 5.11 Å². The van der Waals surface area contributed by atoms with Crippen molar-refractivity contribution in [3.63, 3.8) is 0 Å². The second-order valence-electron chi connectivity index (χ2n) is 2.95. The van der Waals surface area contributed by atoms with Gasteiger partial charge in [0, 0.05) is 6.54 Å². The Labute approximate surface area is 85.1 Å². The fraction of sp³-hybridized carbons (Fsp3) is 0.714. The smallest absolute Gasteiger partial charge is 0.240 e. The van der Waals surface area contributed by atoms with Crippen LogP contribution in [0.25, 0.3) is 0 Å². The number of nitrogens with two attached hydrogens (primary N) is 1. The van der Waals surface area contributed by atoms with Crippen molar-refractivity contribution in [2.24, 2.45) is 0 Å². The zero-order valence-corrected chi connectivity index (χ0v) is 9.03. The SMILES string of the molecule is CC(O)CCCn1nc(N)nc1Br. The number of rotatable bonds is 4. The Morgan fingerprint density at radius 3 is 2.85 bits per heavy atom. The van der Waals surface area contributed by atoms with Gasteiger partial charge in [-0.2, -0.15) is 4.98 Å². The van der Waals surface area contributed by atoms with Gasteiger partial charge in [0.05, 0.1) is 6.10 Å². The van der Waals surface area contributed by atoms with Crippen molar-refractivity contribution in [3.8, 4) is 0 Å². The third-order valence-electron chi connectivity index (χ3n) is 1.63. The molecule has 1 rings (SSSR count). The van der Waals surface area contributed by atoms with Gasteiger partial charge in [-0.3, -0.25) is 0 Å². The number of nitrogen functional groups attached to an aromatic ring is 1. The summed E-state index contributed by atoms with van der Waals surface area (Å²) >= 11 is 3.23. The first-order valence-corrected chi connectivity index (χ1v) is 4.93. The molecule has 13 heavy (non-hydrogen) atoms. The zero-order chi connectivity index (χ0) is 9.84. The van der Waals surface area contributed by atoms with Gasteiger partial charge in [0.15, 0.2) is 4.73 Å². The monoisotopic (exact) mass is 248 g/mol. The molecule has 1 heterocycles. The highest BCUT2D eigenvalue weighted by Gasteiger charge is 2.04. The van der Waals surface area contributed by atoms with Gasteiger partial charge in [-0.15, -0.1) is 5.10 Å². The molecule has 1 unspecified atom stereocenters. The lowest BCUT2D eigenvalue weighted by molar-refractivity contribution is 0.179. The lowest BCUT2D eigenvalue weighted by Gasteiger charge is -2.03. The molecule has 0 spiro atoms. The summed E-state index contributed by atoms with van der Waals surface area (Å²) in [7, 11) is 0. The van der Waals surface area contributed by atoms with Gasteiger partial charge in [-0.05, 0) is 35.7 Å². The molecule has 0 saturated heterocycles. The van der Waals surface area contributed by atoms with E-state index >= 15 is 0 Å². The molecule has 0 aliphatic heterocycles. The van der Waals surface area contributed by atoms with E-state index in [4.69, 9.17) is 10.8 Å². The van der Waals surface area contributed by atoms with Crippen LogP contribution in [0.3, 0.4) is 0 Å². The number of aliphatic hydroxyl groups excluding tert-OH is 1. The van der Waals surface area contributed by atoms with E-state index in [-0.39, 0.29) is 12.1 Å². The average molecular weight is 249 g/mol. The molecule has 0 fully saturated rings. The molecule has 0 aliphatic rings. The Kier molecular flexibility index (Phi) is 3.68. The first kappa shape index (κ1) is 10.5. The highest BCUT2D eigenvalue weighted by atomic mass is 79.9. The van der Waals surface area contributed by atoms with Crippen LogP contribution in [0.5, 0.6) is 0 Å². The number of nitrogens with zero attached hydrogens (tertiary/aromatic N) is 3. The molecule has 0 saturated carbocycles. The Bertz CT molecular complexity index is 273. The third-order valence-corrected chi connectivity index (χ3v) is 2.22. The van der Waals surface area contributed by atoms with Crippen molar-refractivity contribution in [1.82, 2.24) is 14.8 Å². The molecule has 5 nitrogen and oxygen atoms in total. The van der Waals surface area contributed by atoms with Crippen LogP contribution >= 0.6 is 15.9 Å². The topological polar surface area (TPSA) is 77.0 Å². The molecule has 0 radical (unpaired) electrons. The van der Waals surface area contributed by atoms with E-state index in [2.05, 4.69) is 26.0 Å². The zero-order valence-electron chi connectivity index (χ0n) is 7.44. The Hall–Kier alpha value is -0.620. The summed E-state index contributed by atoms with van der Waals surface area (Å²) in [6.45, 7) is 2.49. The van der Waals surface area contributed by atoms with Crippen LogP contribution < -0.4 is 5.73 Å². The van der Waals surface area contributed by atoms with Crippen molar-refractivity contribution in [2.75, 3.05) is 5.73 Å². The first-order valence-electron chi connectivity index (χ1n) is 4.13. The molecule has 1 aromatic heterocycles. The van der Waals surface area contributed by atoms with Gasteiger partial charge in [0.1, 0.15) is 0 Å². The molecule has 0 amide bonds. The maximum Gasteiger partial charge on any atom is 0.240 e. The number of anilines is 1. The van der Waals surface area contributed by atoms with Crippen LogP contribution in [0.1, 0.15) is 19.8 Å². The third kappa shape index (κ3) is 3.31. The van der Waals surface area contributed by atoms with E-state index in [0.29, 0.717) is 4.73 Å². The predicted molar refractivity (Wildman–Crippen MR) is 53.0 cm³/mol. The molecule has 0 bridgehead atoms. The van der Waals surface area contributed by atoms with E-state index in [1.165, 1.54) is 0 Å². The lowest BCUT2D eigenvalue weighted by atomic mass is 10.2. The molecular weight excluding hydrogens is 236 g/mol. The standard InChI is InChI=1S/C7H13BrN4O/c1-5(13)3-2-4-12-6(8)10-7(9)11-12/h5,13H,2-4H2,1H3,(H2,9,11). The highest BCUT2D eigenvalue weighted by molar-refractivity contribution is 9.10. The Morgan fingerprint density at radius 2 is 2.38 bits per heavy atom. The lowest BCUT2D eigenvalue weighted by Crippen LogP contribution is -2.05. The van der Waals surface area contributed by atoms with Gasteiger partial charge < -0.3 is 10.8 Å². The van der Waals surface area contributed by atoms with E-state index in [9.17, 15) is 0 Å². The number of halogens is 1. The fourth-order valence-corrected chi connectivity index (χ4v) is 1.46. The number of hydrogen-bond donors (Lipinski definition) is 2. The van der Waals surface area contributed by atoms with Crippen molar-refractivity contribution in [1.29, 1.82) is 0 Å². The number of aromatic nitrogens is 3. The summed E-state index contributed by atoms with van der Waals surface area (Å²) in [5.41, 5.74) is 5.39. The molecule has 74 valence electrons. The van der Waals surface area contributed by atoms with Crippen LogP contribution in [0.15, 0.2) is 4.73 Å².